The zero-order chi connectivity index (χ0) is 17.1. The summed E-state index contributed by atoms with van der Waals surface area (Å²) in [4.78, 5) is 36.3. The van der Waals surface area contributed by atoms with Crippen LogP contribution in [0.15, 0.2) is 24.3 Å². The molecule has 24 heavy (non-hydrogen) atoms. The summed E-state index contributed by atoms with van der Waals surface area (Å²) in [6.45, 7) is 1.87. The highest BCUT2D eigenvalue weighted by atomic mass is 16.3. The van der Waals surface area contributed by atoms with E-state index in [9.17, 15) is 19.5 Å². The second kappa shape index (κ2) is 6.98. The maximum atomic E-state index is 12.1. The van der Waals surface area contributed by atoms with Crippen LogP contribution in [0.4, 0.5) is 4.79 Å². The molecule has 4 N–H and O–H groups in total. The number of benzene rings is 1. The van der Waals surface area contributed by atoms with Crippen LogP contribution >= 0.6 is 0 Å². The van der Waals surface area contributed by atoms with E-state index in [-0.39, 0.29) is 30.8 Å². The first-order valence-electron chi connectivity index (χ1n) is 7.88. The fraction of sp³-hybridized carbons (Fsp3) is 0.438. The van der Waals surface area contributed by atoms with E-state index < -0.39 is 12.1 Å². The van der Waals surface area contributed by atoms with Gasteiger partial charge in [0.1, 0.15) is 0 Å². The lowest BCUT2D eigenvalue weighted by Gasteiger charge is -2.15. The van der Waals surface area contributed by atoms with Crippen molar-refractivity contribution in [2.24, 2.45) is 5.92 Å². The Morgan fingerprint density at radius 2 is 2.00 bits per heavy atom. The fourth-order valence-electron chi connectivity index (χ4n) is 2.81. The summed E-state index contributed by atoms with van der Waals surface area (Å²) >= 11 is 0. The van der Waals surface area contributed by atoms with Crippen LogP contribution in [0.1, 0.15) is 15.9 Å². The number of hydrogen-bond donors (Lipinski definition) is 4. The smallest absolute Gasteiger partial charge is 0.324 e. The minimum absolute atomic E-state index is 0.0212. The van der Waals surface area contributed by atoms with Crippen molar-refractivity contribution in [3.8, 4) is 0 Å². The second-order valence-corrected chi connectivity index (χ2v) is 6.03. The standard InChI is InChI=1S/C16H20N4O4/c21-13-7-17-5-12(13)6-18-15(23)11-3-1-10(2-4-11)9-20-14(22)8-19-16(20)24/h1-4,12-13,17,21H,5-9H2,(H,18,23)(H,19,24). The van der Waals surface area contributed by atoms with Crippen LogP contribution in [0.3, 0.4) is 0 Å². The Hall–Kier alpha value is -2.45. The highest BCUT2D eigenvalue weighted by molar-refractivity contribution is 6.01. The minimum atomic E-state index is -0.433. The molecule has 0 saturated carbocycles. The van der Waals surface area contributed by atoms with Gasteiger partial charge in [-0.05, 0) is 17.7 Å². The van der Waals surface area contributed by atoms with Gasteiger partial charge in [0.05, 0.1) is 19.2 Å². The van der Waals surface area contributed by atoms with Gasteiger partial charge in [0, 0.05) is 31.1 Å². The third-order valence-electron chi connectivity index (χ3n) is 4.32. The summed E-state index contributed by atoms with van der Waals surface area (Å²) in [5, 5.41) is 18.1. The molecule has 2 unspecified atom stereocenters. The summed E-state index contributed by atoms with van der Waals surface area (Å²) < 4.78 is 0. The number of nitrogens with one attached hydrogen (secondary N) is 3. The van der Waals surface area contributed by atoms with Gasteiger partial charge in [-0.15, -0.1) is 0 Å². The number of rotatable bonds is 5. The van der Waals surface area contributed by atoms with Crippen LogP contribution in [-0.4, -0.2) is 60.1 Å². The van der Waals surface area contributed by atoms with E-state index in [0.717, 1.165) is 10.5 Å². The van der Waals surface area contributed by atoms with Crippen LogP contribution in [0.25, 0.3) is 0 Å². The molecule has 0 spiro atoms. The normalized spacial score (nSPS) is 23.5. The Balaban J connectivity index is 1.54. The molecule has 1 aromatic carbocycles. The van der Waals surface area contributed by atoms with Crippen molar-refractivity contribution in [2.45, 2.75) is 12.6 Å². The SMILES string of the molecule is O=C(NCC1CNCC1O)c1ccc(CN2C(=O)CNC2=O)cc1. The largest absolute Gasteiger partial charge is 0.391 e. The molecule has 2 aliphatic heterocycles. The minimum Gasteiger partial charge on any atom is -0.391 e. The molecule has 2 heterocycles. The highest BCUT2D eigenvalue weighted by Gasteiger charge is 2.28. The van der Waals surface area contributed by atoms with Crippen molar-refractivity contribution in [3.05, 3.63) is 35.4 Å². The first-order chi connectivity index (χ1) is 11.5. The van der Waals surface area contributed by atoms with Crippen molar-refractivity contribution >= 4 is 17.8 Å². The van der Waals surface area contributed by atoms with Gasteiger partial charge in [0.2, 0.25) is 5.91 Å². The molecule has 3 rings (SSSR count). The third-order valence-corrected chi connectivity index (χ3v) is 4.32. The summed E-state index contributed by atoms with van der Waals surface area (Å²) in [6, 6.07) is 6.36. The van der Waals surface area contributed by atoms with Crippen molar-refractivity contribution in [3.63, 3.8) is 0 Å². The van der Waals surface area contributed by atoms with Gasteiger partial charge in [-0.3, -0.25) is 14.5 Å². The van der Waals surface area contributed by atoms with E-state index in [1.54, 1.807) is 24.3 Å². The number of hydrogen-bond acceptors (Lipinski definition) is 5. The first-order valence-corrected chi connectivity index (χ1v) is 7.88. The number of carbonyl (C=O) groups excluding carboxylic acids is 3. The lowest BCUT2D eigenvalue weighted by atomic mass is 10.1. The zero-order valence-corrected chi connectivity index (χ0v) is 13.1. The number of urea groups is 1. The Labute approximate surface area is 139 Å². The van der Waals surface area contributed by atoms with Gasteiger partial charge in [-0.25, -0.2) is 4.79 Å². The molecule has 2 saturated heterocycles. The number of nitrogens with zero attached hydrogens (tertiary/aromatic N) is 1. The molecule has 0 aliphatic carbocycles. The predicted octanol–water partition coefficient (Wildman–Crippen LogP) is -0.951. The van der Waals surface area contributed by atoms with Gasteiger partial charge in [0.15, 0.2) is 0 Å². The lowest BCUT2D eigenvalue weighted by molar-refractivity contribution is -0.125. The third kappa shape index (κ3) is 3.55. The van der Waals surface area contributed by atoms with E-state index in [1.165, 1.54) is 0 Å². The van der Waals surface area contributed by atoms with Gasteiger partial charge < -0.3 is 21.1 Å². The molecule has 4 amide bonds. The Morgan fingerprint density at radius 3 is 2.58 bits per heavy atom. The van der Waals surface area contributed by atoms with E-state index >= 15 is 0 Å². The maximum absolute atomic E-state index is 12.1. The summed E-state index contributed by atoms with van der Waals surface area (Å²) in [5.74, 6) is -0.450. The van der Waals surface area contributed by atoms with Crippen LogP contribution in [0, 0.1) is 5.92 Å². The number of β-amino-alcohol motifs (C(OH)–C–C–N with tert-alkyl or cyclic N) is 1. The quantitative estimate of drug-likeness (QED) is 0.520. The Morgan fingerprint density at radius 1 is 1.25 bits per heavy atom. The van der Waals surface area contributed by atoms with E-state index in [1.807, 2.05) is 0 Å². The van der Waals surface area contributed by atoms with Crippen molar-refractivity contribution < 1.29 is 19.5 Å². The van der Waals surface area contributed by atoms with Gasteiger partial charge in [-0.1, -0.05) is 12.1 Å². The molecule has 8 nitrogen and oxygen atoms in total. The second-order valence-electron chi connectivity index (χ2n) is 6.03. The van der Waals surface area contributed by atoms with E-state index in [0.29, 0.717) is 25.2 Å². The fourth-order valence-corrected chi connectivity index (χ4v) is 2.81. The molecule has 0 aromatic heterocycles. The van der Waals surface area contributed by atoms with Crippen molar-refractivity contribution in [1.82, 2.24) is 20.9 Å². The van der Waals surface area contributed by atoms with E-state index in [4.69, 9.17) is 0 Å². The highest BCUT2D eigenvalue weighted by Crippen LogP contribution is 2.11. The van der Waals surface area contributed by atoms with Crippen LogP contribution < -0.4 is 16.0 Å². The molecule has 2 aliphatic rings. The molecule has 128 valence electrons. The maximum Gasteiger partial charge on any atom is 0.324 e. The topological polar surface area (TPSA) is 111 Å². The zero-order valence-electron chi connectivity index (χ0n) is 13.1. The monoisotopic (exact) mass is 332 g/mol. The molecule has 0 radical (unpaired) electrons. The molecule has 8 heteroatoms. The lowest BCUT2D eigenvalue weighted by Crippen LogP contribution is -2.34. The van der Waals surface area contributed by atoms with Gasteiger partial charge >= 0.3 is 6.03 Å². The summed E-state index contributed by atoms with van der Waals surface area (Å²) in [5.41, 5.74) is 1.27. The van der Waals surface area contributed by atoms with Gasteiger partial charge in [0.25, 0.3) is 5.91 Å². The number of aliphatic hydroxyl groups excluding tert-OH is 1. The Kier molecular flexibility index (Phi) is 4.77. The summed E-state index contributed by atoms with van der Waals surface area (Å²) in [7, 11) is 0. The first kappa shape index (κ1) is 16.4. The molecule has 2 atom stereocenters. The number of carbonyl (C=O) groups is 3. The number of aliphatic hydroxyl groups is 1. The van der Waals surface area contributed by atoms with Crippen molar-refractivity contribution in [2.75, 3.05) is 26.2 Å². The molecule has 1 aromatic rings. The Bertz CT molecular complexity index is 630. The number of imide groups is 1. The van der Waals surface area contributed by atoms with Crippen LogP contribution in [-0.2, 0) is 11.3 Å². The molecule has 0 bridgehead atoms. The average molecular weight is 332 g/mol. The average Bonchev–Trinajstić information content (AvgIpc) is 3.13. The molecular weight excluding hydrogens is 312 g/mol. The molecular formula is C16H20N4O4. The van der Waals surface area contributed by atoms with Crippen molar-refractivity contribution in [1.29, 1.82) is 0 Å². The summed E-state index contributed by atoms with van der Waals surface area (Å²) in [6.07, 6.45) is -0.433. The van der Waals surface area contributed by atoms with Crippen LogP contribution in [0.5, 0.6) is 0 Å². The van der Waals surface area contributed by atoms with Gasteiger partial charge in [-0.2, -0.15) is 0 Å². The molecule has 2 fully saturated rings. The predicted molar refractivity (Wildman–Crippen MR) is 85.1 cm³/mol. The van der Waals surface area contributed by atoms with Crippen LogP contribution in [0.2, 0.25) is 0 Å². The van der Waals surface area contributed by atoms with E-state index in [2.05, 4.69) is 16.0 Å². The number of amides is 4.